The van der Waals surface area contributed by atoms with E-state index in [0.29, 0.717) is 16.5 Å². The fourth-order valence-corrected chi connectivity index (χ4v) is 2.37. The van der Waals surface area contributed by atoms with Gasteiger partial charge in [-0.05, 0) is 44.5 Å². The number of halogens is 1. The number of rotatable bonds is 4. The van der Waals surface area contributed by atoms with Crippen molar-refractivity contribution >= 4 is 23.0 Å². The first-order valence-corrected chi connectivity index (χ1v) is 7.52. The summed E-state index contributed by atoms with van der Waals surface area (Å²) >= 11 is 0. The molecular weight excluding hydrogens is 315 g/mol. The van der Waals surface area contributed by atoms with Crippen molar-refractivity contribution in [1.29, 1.82) is 0 Å². The van der Waals surface area contributed by atoms with Gasteiger partial charge >= 0.3 is 12.1 Å². The number of H-pyrrole nitrogens is 1. The van der Waals surface area contributed by atoms with Gasteiger partial charge in [0.2, 0.25) is 0 Å². The third-order valence-electron chi connectivity index (χ3n) is 3.31. The molecule has 0 aliphatic rings. The number of alkyl carbamates (subject to hydrolysis) is 1. The number of hydrogen-bond acceptors (Lipinski definition) is 4. The van der Waals surface area contributed by atoms with Gasteiger partial charge in [-0.2, -0.15) is 0 Å². The van der Waals surface area contributed by atoms with Gasteiger partial charge in [-0.15, -0.1) is 0 Å². The molecule has 2 N–H and O–H groups in total. The van der Waals surface area contributed by atoms with Crippen LogP contribution in [0.1, 0.15) is 26.3 Å². The highest BCUT2D eigenvalue weighted by Crippen LogP contribution is 2.21. The average molecular weight is 336 g/mol. The number of carbonyl (C=O) groups excluding carboxylic acids is 2. The fraction of sp³-hybridized carbons (Fsp3) is 0.412. The third-order valence-corrected chi connectivity index (χ3v) is 3.31. The van der Waals surface area contributed by atoms with Gasteiger partial charge in [-0.25, -0.2) is 14.0 Å². The van der Waals surface area contributed by atoms with E-state index in [0.717, 1.165) is 0 Å². The Morgan fingerprint density at radius 3 is 2.67 bits per heavy atom. The number of aromatic nitrogens is 1. The predicted molar refractivity (Wildman–Crippen MR) is 87.1 cm³/mol. The maximum absolute atomic E-state index is 13.8. The highest BCUT2D eigenvalue weighted by molar-refractivity contribution is 5.85. The molecule has 6 nitrogen and oxygen atoms in total. The summed E-state index contributed by atoms with van der Waals surface area (Å²) in [5.74, 6) is -1.05. The largest absolute Gasteiger partial charge is 0.467 e. The van der Waals surface area contributed by atoms with E-state index >= 15 is 0 Å². The molecule has 7 heteroatoms. The molecule has 1 amide bonds. The number of ether oxygens (including phenoxy) is 2. The van der Waals surface area contributed by atoms with Crippen molar-refractivity contribution in [2.24, 2.45) is 0 Å². The molecule has 2 aromatic rings. The van der Waals surface area contributed by atoms with Crippen molar-refractivity contribution in [1.82, 2.24) is 10.3 Å². The summed E-state index contributed by atoms with van der Waals surface area (Å²) in [6, 6.07) is 3.46. The van der Waals surface area contributed by atoms with Crippen molar-refractivity contribution in [2.45, 2.75) is 38.8 Å². The molecule has 0 bridgehead atoms. The first kappa shape index (κ1) is 17.8. The standard InChI is InChI=1S/C17H21FN2O4/c1-17(2,3)24-16(22)20-13(15(21)23-4)9-11-8-12(18)7-10-5-6-19-14(10)11/h5-8,13,19H,9H2,1-4H3,(H,20,22). The molecule has 2 rings (SSSR count). The van der Waals surface area contributed by atoms with Crippen LogP contribution in [0.25, 0.3) is 10.9 Å². The predicted octanol–water partition coefficient (Wildman–Crippen LogP) is 2.92. The number of methoxy groups -OCH3 is 1. The Hall–Kier alpha value is -2.57. The molecule has 1 unspecified atom stereocenters. The lowest BCUT2D eigenvalue weighted by molar-refractivity contribution is -0.143. The van der Waals surface area contributed by atoms with Gasteiger partial charge in [0.1, 0.15) is 17.5 Å². The summed E-state index contributed by atoms with van der Waals surface area (Å²) in [4.78, 5) is 26.9. The summed E-state index contributed by atoms with van der Waals surface area (Å²) in [7, 11) is 1.22. The Labute approximate surface area is 139 Å². The molecule has 0 fully saturated rings. The number of aromatic amines is 1. The lowest BCUT2D eigenvalue weighted by Gasteiger charge is -2.22. The van der Waals surface area contributed by atoms with Gasteiger partial charge in [0.25, 0.3) is 0 Å². The van der Waals surface area contributed by atoms with Crippen LogP contribution in [0.15, 0.2) is 24.4 Å². The average Bonchev–Trinajstić information content (AvgIpc) is 2.91. The first-order chi connectivity index (χ1) is 11.2. The number of nitrogens with one attached hydrogen (secondary N) is 2. The molecule has 0 aliphatic carbocycles. The molecule has 0 saturated heterocycles. The van der Waals surface area contributed by atoms with Crippen LogP contribution in [0, 0.1) is 5.82 Å². The van der Waals surface area contributed by atoms with E-state index in [9.17, 15) is 14.0 Å². The highest BCUT2D eigenvalue weighted by Gasteiger charge is 2.26. The molecule has 1 atom stereocenters. The number of benzene rings is 1. The Morgan fingerprint density at radius 2 is 2.04 bits per heavy atom. The van der Waals surface area contributed by atoms with Crippen LogP contribution in [0.2, 0.25) is 0 Å². The summed E-state index contributed by atoms with van der Waals surface area (Å²) in [6.07, 6.45) is 1.01. The van der Waals surface area contributed by atoms with Crippen molar-refractivity contribution in [3.63, 3.8) is 0 Å². The van der Waals surface area contributed by atoms with E-state index in [4.69, 9.17) is 9.47 Å². The SMILES string of the molecule is COC(=O)C(Cc1cc(F)cc2cc[nH]c12)NC(=O)OC(C)(C)C. The second-order valence-electron chi connectivity index (χ2n) is 6.43. The van der Waals surface area contributed by atoms with Crippen LogP contribution < -0.4 is 5.32 Å². The van der Waals surface area contributed by atoms with Crippen LogP contribution in [0.4, 0.5) is 9.18 Å². The lowest BCUT2D eigenvalue weighted by Crippen LogP contribution is -2.45. The fourth-order valence-electron chi connectivity index (χ4n) is 2.37. The minimum Gasteiger partial charge on any atom is -0.467 e. The Morgan fingerprint density at radius 1 is 1.33 bits per heavy atom. The van der Waals surface area contributed by atoms with E-state index in [1.165, 1.54) is 19.2 Å². The van der Waals surface area contributed by atoms with E-state index in [1.807, 2.05) is 0 Å². The van der Waals surface area contributed by atoms with E-state index in [1.54, 1.807) is 33.0 Å². The number of carbonyl (C=O) groups is 2. The monoisotopic (exact) mass is 336 g/mol. The molecule has 130 valence electrons. The number of fused-ring (bicyclic) bond motifs is 1. The van der Waals surface area contributed by atoms with E-state index in [-0.39, 0.29) is 6.42 Å². The number of hydrogen-bond donors (Lipinski definition) is 2. The smallest absolute Gasteiger partial charge is 0.408 e. The van der Waals surface area contributed by atoms with E-state index in [2.05, 4.69) is 10.3 Å². The minimum absolute atomic E-state index is 0.0701. The maximum Gasteiger partial charge on any atom is 0.408 e. The van der Waals surface area contributed by atoms with Crippen molar-refractivity contribution in [3.8, 4) is 0 Å². The van der Waals surface area contributed by atoms with Crippen LogP contribution in [-0.2, 0) is 20.7 Å². The van der Waals surface area contributed by atoms with Crippen LogP contribution in [0.3, 0.4) is 0 Å². The van der Waals surface area contributed by atoms with Crippen molar-refractivity contribution in [3.05, 3.63) is 35.8 Å². The summed E-state index contributed by atoms with van der Waals surface area (Å²) in [5, 5.41) is 3.16. The molecule has 24 heavy (non-hydrogen) atoms. The molecular formula is C17H21FN2O4. The Balaban J connectivity index is 2.23. The van der Waals surface area contributed by atoms with Gasteiger partial charge in [-0.3, -0.25) is 0 Å². The van der Waals surface area contributed by atoms with Gasteiger partial charge in [0.15, 0.2) is 0 Å². The second kappa shape index (κ2) is 6.90. The molecule has 0 radical (unpaired) electrons. The van der Waals surface area contributed by atoms with Crippen molar-refractivity contribution in [2.75, 3.05) is 7.11 Å². The zero-order valence-electron chi connectivity index (χ0n) is 14.1. The van der Waals surface area contributed by atoms with Crippen LogP contribution in [0.5, 0.6) is 0 Å². The summed E-state index contributed by atoms with van der Waals surface area (Å²) in [5.41, 5.74) is 0.564. The Bertz CT molecular complexity index is 749. The zero-order valence-corrected chi connectivity index (χ0v) is 14.1. The second-order valence-corrected chi connectivity index (χ2v) is 6.43. The van der Waals surface area contributed by atoms with Gasteiger partial charge < -0.3 is 19.8 Å². The molecule has 0 aliphatic heterocycles. The molecule has 0 saturated carbocycles. The molecule has 1 heterocycles. The van der Waals surface area contributed by atoms with Gasteiger partial charge in [-0.1, -0.05) is 0 Å². The van der Waals surface area contributed by atoms with E-state index < -0.39 is 29.5 Å². The van der Waals surface area contributed by atoms with Gasteiger partial charge in [0, 0.05) is 23.5 Å². The molecule has 0 spiro atoms. The van der Waals surface area contributed by atoms with Gasteiger partial charge in [0.05, 0.1) is 7.11 Å². The van der Waals surface area contributed by atoms with Crippen LogP contribution >= 0.6 is 0 Å². The number of amides is 1. The summed E-state index contributed by atoms with van der Waals surface area (Å²) < 4.78 is 23.6. The quantitative estimate of drug-likeness (QED) is 0.841. The first-order valence-electron chi connectivity index (χ1n) is 7.52. The third kappa shape index (κ3) is 4.47. The van der Waals surface area contributed by atoms with Crippen molar-refractivity contribution < 1.29 is 23.5 Å². The van der Waals surface area contributed by atoms with Crippen LogP contribution in [-0.4, -0.2) is 35.8 Å². The Kier molecular flexibility index (Phi) is 5.11. The zero-order chi connectivity index (χ0) is 17.9. The highest BCUT2D eigenvalue weighted by atomic mass is 19.1. The molecule has 1 aromatic heterocycles. The summed E-state index contributed by atoms with van der Waals surface area (Å²) in [6.45, 7) is 5.15. The topological polar surface area (TPSA) is 80.4 Å². The lowest BCUT2D eigenvalue weighted by atomic mass is 10.0. The number of esters is 1. The normalized spacial score (nSPS) is 12.7. The molecule has 1 aromatic carbocycles. The minimum atomic E-state index is -0.988. The maximum atomic E-state index is 13.8.